The summed E-state index contributed by atoms with van der Waals surface area (Å²) in [6.07, 6.45) is -1.20. The highest BCUT2D eigenvalue weighted by molar-refractivity contribution is 5.98. The lowest BCUT2D eigenvalue weighted by Gasteiger charge is -2.13. The van der Waals surface area contributed by atoms with Crippen molar-refractivity contribution in [2.24, 2.45) is 0 Å². The van der Waals surface area contributed by atoms with Crippen molar-refractivity contribution in [2.45, 2.75) is 13.0 Å². The molecule has 3 N–H and O–H groups in total. The van der Waals surface area contributed by atoms with Crippen molar-refractivity contribution in [3.8, 4) is 11.5 Å². The molecule has 1 rings (SSSR count). The number of hydrogen-bond donors (Lipinski definition) is 3. The summed E-state index contributed by atoms with van der Waals surface area (Å²) < 4.78 is 15.0. The van der Waals surface area contributed by atoms with Crippen molar-refractivity contribution >= 4 is 23.8 Å². The van der Waals surface area contributed by atoms with Crippen LogP contribution < -0.4 is 25.4 Å². The van der Waals surface area contributed by atoms with Gasteiger partial charge in [-0.05, 0) is 19.1 Å². The minimum absolute atomic E-state index is 0.222. The molecule has 0 aliphatic carbocycles. The maximum absolute atomic E-state index is 12.1. The zero-order valence-electron chi connectivity index (χ0n) is 14.9. The quantitative estimate of drug-likeness (QED) is 0.570. The number of carbonyl (C=O) groups excluding carboxylic acids is 4. The van der Waals surface area contributed by atoms with Crippen LogP contribution in [-0.2, 0) is 14.3 Å². The van der Waals surface area contributed by atoms with E-state index in [0.717, 1.165) is 0 Å². The predicted octanol–water partition coefficient (Wildman–Crippen LogP) is -0.179. The fourth-order valence-electron chi connectivity index (χ4n) is 1.76. The number of hydrogen-bond acceptors (Lipinski definition) is 7. The Morgan fingerprint density at radius 3 is 2.12 bits per heavy atom. The fourth-order valence-corrected chi connectivity index (χ4v) is 1.76. The molecule has 0 aliphatic rings. The normalized spacial score (nSPS) is 10.9. The van der Waals surface area contributed by atoms with E-state index in [9.17, 15) is 19.2 Å². The van der Waals surface area contributed by atoms with E-state index >= 15 is 0 Å². The number of urea groups is 1. The van der Waals surface area contributed by atoms with Crippen LogP contribution in [-0.4, -0.2) is 57.7 Å². The molecule has 0 aromatic heterocycles. The number of carbonyl (C=O) groups is 4. The molecule has 4 amide bonds. The van der Waals surface area contributed by atoms with E-state index in [1.807, 2.05) is 5.32 Å². The largest absolute Gasteiger partial charge is 0.497 e. The number of amides is 4. The molecule has 1 aromatic carbocycles. The minimum atomic E-state index is -1.20. The molecule has 0 fully saturated rings. The van der Waals surface area contributed by atoms with Crippen molar-refractivity contribution in [1.29, 1.82) is 0 Å². The Bertz CT molecular complexity index is 668. The van der Waals surface area contributed by atoms with Gasteiger partial charge in [-0.2, -0.15) is 0 Å². The van der Waals surface area contributed by atoms with E-state index < -0.39 is 36.5 Å². The van der Waals surface area contributed by atoms with Crippen LogP contribution in [0, 0.1) is 0 Å². The second-order valence-corrected chi connectivity index (χ2v) is 4.98. The molecule has 10 heteroatoms. The first kappa shape index (κ1) is 20.7. The van der Waals surface area contributed by atoms with Gasteiger partial charge in [0.1, 0.15) is 18.0 Å². The van der Waals surface area contributed by atoms with Crippen molar-refractivity contribution in [2.75, 3.05) is 27.8 Å². The summed E-state index contributed by atoms with van der Waals surface area (Å²) in [4.78, 5) is 46.5. The molecular weight excluding hydrogens is 346 g/mol. The van der Waals surface area contributed by atoms with Crippen LogP contribution in [0.1, 0.15) is 17.3 Å². The summed E-state index contributed by atoms with van der Waals surface area (Å²) in [5.41, 5.74) is 0.222. The summed E-state index contributed by atoms with van der Waals surface area (Å²) >= 11 is 0. The molecule has 10 nitrogen and oxygen atoms in total. The van der Waals surface area contributed by atoms with Crippen molar-refractivity contribution < 1.29 is 33.4 Å². The van der Waals surface area contributed by atoms with Gasteiger partial charge in [-0.1, -0.05) is 0 Å². The predicted molar refractivity (Wildman–Crippen MR) is 90.0 cm³/mol. The first-order valence-corrected chi connectivity index (χ1v) is 7.54. The van der Waals surface area contributed by atoms with E-state index in [4.69, 9.17) is 14.2 Å². The van der Waals surface area contributed by atoms with E-state index in [1.165, 1.54) is 40.3 Å². The third-order valence-electron chi connectivity index (χ3n) is 3.15. The van der Waals surface area contributed by atoms with Crippen LogP contribution in [0.15, 0.2) is 18.2 Å². The van der Waals surface area contributed by atoms with Gasteiger partial charge in [0.25, 0.3) is 11.8 Å². The average Bonchev–Trinajstić information content (AvgIpc) is 2.65. The van der Waals surface area contributed by atoms with Gasteiger partial charge in [-0.25, -0.2) is 4.79 Å². The van der Waals surface area contributed by atoms with E-state index in [1.54, 1.807) is 6.07 Å². The van der Waals surface area contributed by atoms with Gasteiger partial charge in [-0.3, -0.25) is 19.7 Å². The number of imide groups is 1. The molecule has 142 valence electrons. The van der Waals surface area contributed by atoms with Crippen LogP contribution in [0.4, 0.5) is 4.79 Å². The SMILES string of the molecule is CNC(=O)NC(=O)[C@H](C)OC(=O)CNC(=O)c1cc(OC)cc(OC)c1. The summed E-state index contributed by atoms with van der Waals surface area (Å²) in [6.45, 7) is 0.834. The smallest absolute Gasteiger partial charge is 0.326 e. The number of esters is 1. The average molecular weight is 367 g/mol. The Morgan fingerprint density at radius 2 is 1.62 bits per heavy atom. The number of methoxy groups -OCH3 is 2. The van der Waals surface area contributed by atoms with E-state index in [0.29, 0.717) is 11.5 Å². The van der Waals surface area contributed by atoms with Gasteiger partial charge in [0.05, 0.1) is 14.2 Å². The number of nitrogens with one attached hydrogen (secondary N) is 3. The minimum Gasteiger partial charge on any atom is -0.497 e. The van der Waals surface area contributed by atoms with Gasteiger partial charge in [0.15, 0.2) is 6.10 Å². The topological polar surface area (TPSA) is 132 Å². The molecule has 1 aromatic rings. The molecule has 0 saturated carbocycles. The number of ether oxygens (including phenoxy) is 3. The molecule has 0 bridgehead atoms. The van der Waals surface area contributed by atoms with Crippen molar-refractivity contribution in [3.63, 3.8) is 0 Å². The van der Waals surface area contributed by atoms with Gasteiger partial charge >= 0.3 is 12.0 Å². The van der Waals surface area contributed by atoms with Crippen LogP contribution in [0.2, 0.25) is 0 Å². The lowest BCUT2D eigenvalue weighted by Crippen LogP contribution is -2.44. The second kappa shape index (κ2) is 9.87. The van der Waals surface area contributed by atoms with Crippen LogP contribution in [0.3, 0.4) is 0 Å². The van der Waals surface area contributed by atoms with Crippen LogP contribution >= 0.6 is 0 Å². The summed E-state index contributed by atoms with van der Waals surface area (Å²) in [5.74, 6) is -1.36. The first-order chi connectivity index (χ1) is 12.3. The first-order valence-electron chi connectivity index (χ1n) is 7.54. The highest BCUT2D eigenvalue weighted by atomic mass is 16.5. The molecule has 26 heavy (non-hydrogen) atoms. The van der Waals surface area contributed by atoms with E-state index in [2.05, 4.69) is 10.6 Å². The molecule has 0 radical (unpaired) electrons. The maximum atomic E-state index is 12.1. The van der Waals surface area contributed by atoms with Crippen LogP contribution in [0.5, 0.6) is 11.5 Å². The Hall–Kier alpha value is -3.30. The Kier molecular flexibility index (Phi) is 7.87. The zero-order chi connectivity index (χ0) is 19.7. The maximum Gasteiger partial charge on any atom is 0.326 e. The molecule has 0 aliphatic heterocycles. The van der Waals surface area contributed by atoms with E-state index in [-0.39, 0.29) is 5.56 Å². The molecular formula is C16H21N3O7. The highest BCUT2D eigenvalue weighted by Gasteiger charge is 2.20. The Morgan fingerprint density at radius 1 is 1.04 bits per heavy atom. The Labute approximate surface area is 150 Å². The van der Waals surface area contributed by atoms with Crippen LogP contribution in [0.25, 0.3) is 0 Å². The molecule has 0 saturated heterocycles. The van der Waals surface area contributed by atoms with Gasteiger partial charge in [-0.15, -0.1) is 0 Å². The standard InChI is InChI=1S/C16H21N3O7/c1-9(14(21)19-16(23)17-2)26-13(20)8-18-15(22)10-5-11(24-3)7-12(6-10)25-4/h5-7,9H,8H2,1-4H3,(H,18,22)(H2,17,19,21,23)/t9-/m0/s1. The van der Waals surface area contributed by atoms with Crippen molar-refractivity contribution in [1.82, 2.24) is 16.0 Å². The summed E-state index contributed by atoms with van der Waals surface area (Å²) in [6, 6.07) is 3.82. The summed E-state index contributed by atoms with van der Waals surface area (Å²) in [7, 11) is 4.22. The number of benzene rings is 1. The molecule has 0 heterocycles. The third-order valence-corrected chi connectivity index (χ3v) is 3.15. The number of rotatable bonds is 7. The van der Waals surface area contributed by atoms with Gasteiger partial charge in [0.2, 0.25) is 0 Å². The monoisotopic (exact) mass is 367 g/mol. The van der Waals surface area contributed by atoms with Gasteiger partial charge in [0, 0.05) is 18.7 Å². The lowest BCUT2D eigenvalue weighted by molar-refractivity contribution is -0.153. The fraction of sp³-hybridized carbons (Fsp3) is 0.375. The third kappa shape index (κ3) is 6.30. The highest BCUT2D eigenvalue weighted by Crippen LogP contribution is 2.22. The Balaban J connectivity index is 2.58. The second-order valence-electron chi connectivity index (χ2n) is 4.98. The van der Waals surface area contributed by atoms with Gasteiger partial charge < -0.3 is 24.8 Å². The van der Waals surface area contributed by atoms with Crippen molar-refractivity contribution in [3.05, 3.63) is 23.8 Å². The zero-order valence-corrected chi connectivity index (χ0v) is 14.9. The lowest BCUT2D eigenvalue weighted by atomic mass is 10.2. The molecule has 1 atom stereocenters. The summed E-state index contributed by atoms with van der Waals surface area (Å²) in [5, 5.41) is 6.52. The molecule has 0 unspecified atom stereocenters. The molecule has 0 spiro atoms.